The maximum Gasteiger partial charge on any atom is 0.155 e. The van der Waals surface area contributed by atoms with Crippen LogP contribution in [0, 0.1) is 0 Å². The first-order valence-electron chi connectivity index (χ1n) is 8.52. The Morgan fingerprint density at radius 1 is 1.27 bits per heavy atom. The van der Waals surface area contributed by atoms with Crippen molar-refractivity contribution in [2.24, 2.45) is 7.05 Å². The van der Waals surface area contributed by atoms with Gasteiger partial charge in [0, 0.05) is 36.0 Å². The molecule has 0 spiro atoms. The lowest BCUT2D eigenvalue weighted by molar-refractivity contribution is -0.0657. The smallest absolute Gasteiger partial charge is 0.155 e. The fourth-order valence-corrected chi connectivity index (χ4v) is 3.51. The van der Waals surface area contributed by atoms with Crippen LogP contribution in [0.25, 0.3) is 33.5 Å². The maximum absolute atomic E-state index is 6.08. The molecule has 5 rings (SSSR count). The number of ether oxygens (including phenoxy) is 1. The predicted octanol–water partition coefficient (Wildman–Crippen LogP) is 2.53. The van der Waals surface area contributed by atoms with Gasteiger partial charge in [-0.1, -0.05) is 0 Å². The Morgan fingerprint density at radius 3 is 2.96 bits per heavy atom. The Labute approximate surface area is 149 Å². The van der Waals surface area contributed by atoms with E-state index in [1.165, 1.54) is 0 Å². The molecule has 1 aliphatic rings. The monoisotopic (exact) mass is 349 g/mol. The standard InChI is InChI=1S/C18H19N7O/c1-18(2)9-25-14(8-26-18)15(16(23-25)13-7-24(3)10-20-13)11-4-5-19-17-12(11)6-21-22-17/h4-7,10H,8-9H2,1-3H3,(H,19,21,22). The molecular formula is C18H19N7O. The van der Waals surface area contributed by atoms with Gasteiger partial charge >= 0.3 is 0 Å². The third-order valence-corrected chi connectivity index (χ3v) is 4.76. The van der Waals surface area contributed by atoms with Gasteiger partial charge in [-0.15, -0.1) is 0 Å². The number of aryl methyl sites for hydroxylation is 1. The number of nitrogens with zero attached hydrogens (tertiary/aromatic N) is 6. The number of rotatable bonds is 2. The highest BCUT2D eigenvalue weighted by molar-refractivity contribution is 5.97. The van der Waals surface area contributed by atoms with E-state index in [1.807, 2.05) is 23.9 Å². The number of nitrogens with one attached hydrogen (secondary N) is 1. The lowest BCUT2D eigenvalue weighted by atomic mass is 9.99. The fourth-order valence-electron chi connectivity index (χ4n) is 3.51. The minimum absolute atomic E-state index is 0.249. The average molecular weight is 349 g/mol. The molecule has 0 aliphatic carbocycles. The quantitative estimate of drug-likeness (QED) is 0.601. The van der Waals surface area contributed by atoms with Gasteiger partial charge in [-0.05, 0) is 19.9 Å². The summed E-state index contributed by atoms with van der Waals surface area (Å²) < 4.78 is 10.1. The SMILES string of the molecule is Cn1cnc(-c2nn3c(c2-c2ccnc4[nH]ncc24)COC(C)(C)C3)c1. The molecule has 0 saturated carbocycles. The highest BCUT2D eigenvalue weighted by atomic mass is 16.5. The molecular weight excluding hydrogens is 330 g/mol. The van der Waals surface area contributed by atoms with E-state index < -0.39 is 0 Å². The van der Waals surface area contributed by atoms with Gasteiger partial charge in [-0.25, -0.2) is 9.97 Å². The molecule has 0 atom stereocenters. The molecule has 8 heteroatoms. The van der Waals surface area contributed by atoms with Gasteiger partial charge < -0.3 is 9.30 Å². The zero-order valence-electron chi connectivity index (χ0n) is 14.9. The first kappa shape index (κ1) is 15.3. The van der Waals surface area contributed by atoms with Crippen molar-refractivity contribution in [1.82, 2.24) is 34.5 Å². The summed E-state index contributed by atoms with van der Waals surface area (Å²) in [6.07, 6.45) is 7.36. The summed E-state index contributed by atoms with van der Waals surface area (Å²) >= 11 is 0. The van der Waals surface area contributed by atoms with Gasteiger partial charge in [0.05, 0.1) is 37.0 Å². The predicted molar refractivity (Wildman–Crippen MR) is 96.2 cm³/mol. The molecule has 0 radical (unpaired) electrons. The molecule has 4 aromatic heterocycles. The van der Waals surface area contributed by atoms with Crippen LogP contribution < -0.4 is 0 Å². The van der Waals surface area contributed by atoms with Crippen molar-refractivity contribution in [1.29, 1.82) is 0 Å². The van der Waals surface area contributed by atoms with E-state index in [4.69, 9.17) is 9.84 Å². The molecule has 0 bridgehead atoms. The third kappa shape index (κ3) is 2.26. The maximum atomic E-state index is 6.08. The normalized spacial score (nSPS) is 16.1. The van der Waals surface area contributed by atoms with Crippen LogP contribution >= 0.6 is 0 Å². The van der Waals surface area contributed by atoms with Gasteiger partial charge in [0.25, 0.3) is 0 Å². The van der Waals surface area contributed by atoms with E-state index in [0.717, 1.165) is 39.2 Å². The van der Waals surface area contributed by atoms with Crippen molar-refractivity contribution >= 4 is 11.0 Å². The zero-order chi connectivity index (χ0) is 17.9. The van der Waals surface area contributed by atoms with Gasteiger partial charge in [0.2, 0.25) is 0 Å². The highest BCUT2D eigenvalue weighted by Gasteiger charge is 2.32. The molecule has 4 aromatic rings. The summed E-state index contributed by atoms with van der Waals surface area (Å²) in [5.41, 5.74) is 5.33. The number of pyridine rings is 1. The van der Waals surface area contributed by atoms with Crippen LogP contribution in [0.15, 0.2) is 31.0 Å². The number of fused-ring (bicyclic) bond motifs is 2. The van der Waals surface area contributed by atoms with Gasteiger partial charge in [-0.2, -0.15) is 10.2 Å². The van der Waals surface area contributed by atoms with Crippen molar-refractivity contribution in [2.75, 3.05) is 0 Å². The Hall–Kier alpha value is -3.00. The second kappa shape index (κ2) is 5.25. The van der Waals surface area contributed by atoms with E-state index in [9.17, 15) is 0 Å². The van der Waals surface area contributed by atoms with E-state index in [-0.39, 0.29) is 5.60 Å². The second-order valence-corrected chi connectivity index (χ2v) is 7.29. The molecule has 8 nitrogen and oxygen atoms in total. The molecule has 0 amide bonds. The summed E-state index contributed by atoms with van der Waals surface area (Å²) in [5.74, 6) is 0. The highest BCUT2D eigenvalue weighted by Crippen LogP contribution is 2.39. The van der Waals surface area contributed by atoms with Crippen molar-refractivity contribution in [3.8, 4) is 22.5 Å². The van der Waals surface area contributed by atoms with Crippen molar-refractivity contribution < 1.29 is 4.74 Å². The molecule has 26 heavy (non-hydrogen) atoms. The van der Waals surface area contributed by atoms with E-state index in [2.05, 4.69) is 38.7 Å². The van der Waals surface area contributed by atoms with Crippen molar-refractivity contribution in [3.05, 3.63) is 36.7 Å². The number of imidazole rings is 1. The van der Waals surface area contributed by atoms with Crippen LogP contribution in [0.2, 0.25) is 0 Å². The second-order valence-electron chi connectivity index (χ2n) is 7.29. The number of H-pyrrole nitrogens is 1. The van der Waals surface area contributed by atoms with E-state index in [0.29, 0.717) is 13.2 Å². The number of aromatic amines is 1. The number of hydrogen-bond donors (Lipinski definition) is 1. The first-order chi connectivity index (χ1) is 12.5. The van der Waals surface area contributed by atoms with Crippen LogP contribution in [0.4, 0.5) is 0 Å². The van der Waals surface area contributed by atoms with Crippen molar-refractivity contribution in [2.45, 2.75) is 32.6 Å². The molecule has 0 unspecified atom stereocenters. The lowest BCUT2D eigenvalue weighted by Gasteiger charge is -2.31. The average Bonchev–Trinajstić information content (AvgIpc) is 3.30. The Bertz CT molecular complexity index is 1120. The summed E-state index contributed by atoms with van der Waals surface area (Å²) in [6.45, 7) is 5.36. The largest absolute Gasteiger partial charge is 0.367 e. The third-order valence-electron chi connectivity index (χ3n) is 4.76. The lowest BCUT2D eigenvalue weighted by Crippen LogP contribution is -2.36. The molecule has 5 heterocycles. The summed E-state index contributed by atoms with van der Waals surface area (Å²) in [6, 6.07) is 2.00. The summed E-state index contributed by atoms with van der Waals surface area (Å²) in [7, 11) is 1.96. The van der Waals surface area contributed by atoms with Gasteiger partial charge in [0.1, 0.15) is 11.4 Å². The molecule has 0 aromatic carbocycles. The molecule has 1 N–H and O–H groups in total. The Kier molecular flexibility index (Phi) is 3.08. The Morgan fingerprint density at radius 2 is 2.15 bits per heavy atom. The van der Waals surface area contributed by atoms with Crippen LogP contribution in [0.5, 0.6) is 0 Å². The fraction of sp³-hybridized carbons (Fsp3) is 0.333. The molecule has 132 valence electrons. The van der Waals surface area contributed by atoms with E-state index >= 15 is 0 Å². The molecule has 0 fully saturated rings. The van der Waals surface area contributed by atoms with Crippen LogP contribution in [0.3, 0.4) is 0 Å². The minimum Gasteiger partial charge on any atom is -0.367 e. The number of aromatic nitrogens is 7. The van der Waals surface area contributed by atoms with Crippen LogP contribution in [-0.2, 0) is 24.9 Å². The molecule has 1 aliphatic heterocycles. The topological polar surface area (TPSA) is 86.4 Å². The van der Waals surface area contributed by atoms with E-state index in [1.54, 1.807) is 18.7 Å². The summed E-state index contributed by atoms with van der Waals surface area (Å²) in [5, 5.41) is 13.0. The Balaban J connectivity index is 1.81. The van der Waals surface area contributed by atoms with Crippen LogP contribution in [-0.4, -0.2) is 40.1 Å². The minimum atomic E-state index is -0.249. The number of hydrogen-bond acceptors (Lipinski definition) is 5. The van der Waals surface area contributed by atoms with Crippen molar-refractivity contribution in [3.63, 3.8) is 0 Å². The van der Waals surface area contributed by atoms with Gasteiger partial charge in [0.15, 0.2) is 5.65 Å². The first-order valence-corrected chi connectivity index (χ1v) is 8.52. The van der Waals surface area contributed by atoms with Crippen LogP contribution in [0.1, 0.15) is 19.5 Å². The molecule has 0 saturated heterocycles. The zero-order valence-corrected chi connectivity index (χ0v) is 14.9. The van der Waals surface area contributed by atoms with Gasteiger partial charge in [-0.3, -0.25) is 9.78 Å². The summed E-state index contributed by atoms with van der Waals surface area (Å²) in [4.78, 5) is 8.88.